The van der Waals surface area contributed by atoms with E-state index < -0.39 is 40.5 Å². The van der Waals surface area contributed by atoms with Crippen LogP contribution in [0.5, 0.6) is 0 Å². The highest BCUT2D eigenvalue weighted by Gasteiger charge is 2.81. The molecule has 2 N–H and O–H groups in total. The molecule has 2 aliphatic carbocycles. The summed E-state index contributed by atoms with van der Waals surface area (Å²) in [4.78, 5) is 25.5. The van der Waals surface area contributed by atoms with Crippen LogP contribution in [0.1, 0.15) is 47.5 Å². The highest BCUT2D eigenvalue weighted by molar-refractivity contribution is 5.82. The molecule has 4 aliphatic heterocycles. The number of carbonyl (C=O) groups excluding carboxylic acids is 2. The zero-order valence-electron chi connectivity index (χ0n) is 18.9. The van der Waals surface area contributed by atoms with Gasteiger partial charge in [-0.2, -0.15) is 0 Å². The highest BCUT2D eigenvalue weighted by atomic mass is 16.8. The first-order valence-electron chi connectivity index (χ1n) is 11.2. The van der Waals surface area contributed by atoms with Gasteiger partial charge in [0.15, 0.2) is 0 Å². The maximum Gasteiger partial charge on any atom is 0.314 e. The van der Waals surface area contributed by atoms with E-state index in [1.807, 2.05) is 33.8 Å². The Labute approximate surface area is 185 Å². The Morgan fingerprint density at radius 1 is 1.19 bits per heavy atom. The number of aliphatic hydroxyl groups is 2. The number of allylic oxidation sites excluding steroid dienone is 1. The third-order valence-electron chi connectivity index (χ3n) is 8.79. The second kappa shape index (κ2) is 5.66. The molecule has 3 saturated heterocycles. The zero-order chi connectivity index (χ0) is 23.0. The van der Waals surface area contributed by atoms with Crippen LogP contribution in [0.25, 0.3) is 0 Å². The van der Waals surface area contributed by atoms with Crippen molar-refractivity contribution in [2.45, 2.75) is 71.2 Å². The van der Waals surface area contributed by atoms with Crippen molar-refractivity contribution in [1.29, 1.82) is 0 Å². The van der Waals surface area contributed by atoms with Gasteiger partial charge >= 0.3 is 11.9 Å². The van der Waals surface area contributed by atoms with E-state index in [9.17, 15) is 19.8 Å². The Morgan fingerprint density at radius 3 is 2.56 bits per heavy atom. The van der Waals surface area contributed by atoms with E-state index in [-0.39, 0.29) is 30.9 Å². The predicted molar refractivity (Wildman–Crippen MR) is 108 cm³/mol. The molecule has 7 unspecified atom stereocenters. The number of hydrogen-bond acceptors (Lipinski definition) is 8. The molecule has 4 fully saturated rings. The van der Waals surface area contributed by atoms with Crippen LogP contribution in [0.4, 0.5) is 0 Å². The molecular formula is C24H28O8. The number of cyclic esters (lactones) is 1. The number of carbonyl (C=O) groups is 2. The summed E-state index contributed by atoms with van der Waals surface area (Å²) in [5, 5.41) is 21.5. The van der Waals surface area contributed by atoms with Gasteiger partial charge in [0.1, 0.15) is 17.5 Å². The monoisotopic (exact) mass is 444 g/mol. The summed E-state index contributed by atoms with van der Waals surface area (Å²) >= 11 is 0. The van der Waals surface area contributed by atoms with E-state index in [0.29, 0.717) is 17.8 Å². The molecule has 0 amide bonds. The van der Waals surface area contributed by atoms with Gasteiger partial charge in [0.25, 0.3) is 0 Å². The van der Waals surface area contributed by atoms with Crippen LogP contribution in [0.3, 0.4) is 0 Å². The molecule has 172 valence electrons. The SMILES string of the molecule is CC(O)C12OC3=CC4=C(CC(=O)OC4(C)C)C(CO)=C4CC5(C)C(=O)OC(O1)C5C2C34C. The van der Waals surface area contributed by atoms with Crippen LogP contribution in [-0.4, -0.2) is 52.5 Å². The number of rotatable bonds is 2. The molecule has 4 heterocycles. The molecule has 8 heteroatoms. The standard InChI is InChI=1S/C24H28O8/c1-10(26)24-18-17-19(32-24)29-20(28)22(17,4)8-14-12(9-25)11-6-16(27)31-21(2,3)13(11)7-15(30-24)23(14,18)5/h7,10,17-19,25-26H,6,8-9H2,1-5H3. The Bertz CT molecular complexity index is 1080. The summed E-state index contributed by atoms with van der Waals surface area (Å²) in [6, 6.07) is 0. The number of esters is 2. The molecule has 1 saturated carbocycles. The Morgan fingerprint density at radius 2 is 1.91 bits per heavy atom. The van der Waals surface area contributed by atoms with Crippen LogP contribution in [0, 0.1) is 22.7 Å². The summed E-state index contributed by atoms with van der Waals surface area (Å²) < 4.78 is 24.0. The summed E-state index contributed by atoms with van der Waals surface area (Å²) in [7, 11) is 0. The van der Waals surface area contributed by atoms with Crippen molar-refractivity contribution in [2.24, 2.45) is 22.7 Å². The summed E-state index contributed by atoms with van der Waals surface area (Å²) in [6.07, 6.45) is 0.492. The normalized spacial score (nSPS) is 46.1. The summed E-state index contributed by atoms with van der Waals surface area (Å²) in [5.41, 5.74) is 0.400. The lowest BCUT2D eigenvalue weighted by Crippen LogP contribution is -2.54. The highest BCUT2D eigenvalue weighted by Crippen LogP contribution is 2.75. The van der Waals surface area contributed by atoms with Crippen LogP contribution in [0.2, 0.25) is 0 Å². The second-order valence-electron chi connectivity index (χ2n) is 10.9. The number of hydrogen-bond donors (Lipinski definition) is 2. The van der Waals surface area contributed by atoms with Gasteiger partial charge in [0.05, 0.1) is 29.8 Å². The van der Waals surface area contributed by atoms with Gasteiger partial charge in [0.2, 0.25) is 12.1 Å². The molecule has 6 rings (SSSR count). The molecule has 7 atom stereocenters. The molecule has 8 nitrogen and oxygen atoms in total. The van der Waals surface area contributed by atoms with Crippen molar-refractivity contribution in [3.63, 3.8) is 0 Å². The summed E-state index contributed by atoms with van der Waals surface area (Å²) in [5.74, 6) is -2.21. The first-order valence-corrected chi connectivity index (χ1v) is 11.2. The van der Waals surface area contributed by atoms with Crippen LogP contribution < -0.4 is 0 Å². The lowest BCUT2D eigenvalue weighted by molar-refractivity contribution is -0.280. The summed E-state index contributed by atoms with van der Waals surface area (Å²) in [6.45, 7) is 8.85. The van der Waals surface area contributed by atoms with Gasteiger partial charge in [-0.25, -0.2) is 0 Å². The maximum atomic E-state index is 13.0. The lowest BCUT2D eigenvalue weighted by Gasteiger charge is -2.47. The second-order valence-corrected chi connectivity index (χ2v) is 10.9. The predicted octanol–water partition coefficient (Wildman–Crippen LogP) is 1.86. The minimum atomic E-state index is -1.38. The molecule has 32 heavy (non-hydrogen) atoms. The topological polar surface area (TPSA) is 112 Å². The van der Waals surface area contributed by atoms with Gasteiger partial charge in [0, 0.05) is 11.5 Å². The Balaban J connectivity index is 1.70. The molecule has 0 radical (unpaired) electrons. The molecule has 0 aromatic rings. The van der Waals surface area contributed by atoms with Crippen molar-refractivity contribution < 1.29 is 38.7 Å². The number of aliphatic hydroxyl groups excluding tert-OH is 2. The largest absolute Gasteiger partial charge is 0.462 e. The minimum absolute atomic E-state index is 0.0357. The van der Waals surface area contributed by atoms with Gasteiger partial charge < -0.3 is 24.4 Å². The molecule has 6 aliphatic rings. The minimum Gasteiger partial charge on any atom is -0.462 e. The van der Waals surface area contributed by atoms with E-state index in [0.717, 1.165) is 16.7 Å². The first-order chi connectivity index (χ1) is 14.9. The number of ether oxygens (including phenoxy) is 4. The van der Waals surface area contributed by atoms with E-state index in [2.05, 4.69) is 0 Å². The van der Waals surface area contributed by atoms with Crippen molar-refractivity contribution in [2.75, 3.05) is 6.61 Å². The zero-order valence-corrected chi connectivity index (χ0v) is 18.9. The maximum absolute atomic E-state index is 13.0. The van der Waals surface area contributed by atoms with Crippen LogP contribution in [-0.2, 0) is 28.5 Å². The average Bonchev–Trinajstić information content (AvgIpc) is 3.20. The van der Waals surface area contributed by atoms with E-state index in [1.165, 1.54) is 0 Å². The van der Waals surface area contributed by atoms with Crippen molar-refractivity contribution >= 4 is 11.9 Å². The molecule has 0 bridgehead atoms. The fourth-order valence-corrected chi connectivity index (χ4v) is 7.29. The molecule has 0 spiro atoms. The quantitative estimate of drug-likeness (QED) is 0.621. The third-order valence-corrected chi connectivity index (χ3v) is 8.79. The Kier molecular flexibility index (Phi) is 3.62. The van der Waals surface area contributed by atoms with Gasteiger partial charge in [-0.1, -0.05) is 0 Å². The molecule has 0 aromatic heterocycles. The van der Waals surface area contributed by atoms with E-state index in [1.54, 1.807) is 6.92 Å². The van der Waals surface area contributed by atoms with Crippen LogP contribution in [0.15, 0.2) is 34.1 Å². The van der Waals surface area contributed by atoms with E-state index in [4.69, 9.17) is 18.9 Å². The van der Waals surface area contributed by atoms with E-state index >= 15 is 0 Å². The van der Waals surface area contributed by atoms with Crippen LogP contribution >= 0.6 is 0 Å². The van der Waals surface area contributed by atoms with Crippen molar-refractivity contribution in [1.82, 2.24) is 0 Å². The van der Waals surface area contributed by atoms with Crippen molar-refractivity contribution in [3.05, 3.63) is 34.1 Å². The fourth-order valence-electron chi connectivity index (χ4n) is 7.29. The van der Waals surface area contributed by atoms with Gasteiger partial charge in [-0.15, -0.1) is 0 Å². The van der Waals surface area contributed by atoms with Crippen molar-refractivity contribution in [3.8, 4) is 0 Å². The lowest BCUT2D eigenvalue weighted by atomic mass is 9.50. The van der Waals surface area contributed by atoms with Gasteiger partial charge in [-0.05, 0) is 63.8 Å². The third kappa shape index (κ3) is 2.01. The molecular weight excluding hydrogens is 416 g/mol. The molecule has 0 aromatic carbocycles. The first kappa shape index (κ1) is 20.4. The smallest absolute Gasteiger partial charge is 0.314 e. The van der Waals surface area contributed by atoms with Gasteiger partial charge in [-0.3, -0.25) is 14.3 Å². The average molecular weight is 444 g/mol. The fraction of sp³-hybridized carbons (Fsp3) is 0.667. The Hall–Kier alpha value is -2.16.